The Morgan fingerprint density at radius 2 is 2.00 bits per heavy atom. The van der Waals surface area contributed by atoms with Crippen molar-refractivity contribution in [3.8, 4) is 0 Å². The van der Waals surface area contributed by atoms with E-state index in [2.05, 4.69) is 15.3 Å². The van der Waals surface area contributed by atoms with Gasteiger partial charge in [0.15, 0.2) is 0 Å². The Bertz CT molecular complexity index is 932. The minimum Gasteiger partial charge on any atom is -0.360 e. The monoisotopic (exact) mass is 321 g/mol. The maximum atomic E-state index is 12.6. The van der Waals surface area contributed by atoms with Gasteiger partial charge in [0.2, 0.25) is 5.43 Å². The number of aryl methyl sites for hydroxylation is 1. The second-order valence-corrected chi connectivity index (χ2v) is 5.74. The van der Waals surface area contributed by atoms with Crippen LogP contribution in [0.4, 0.5) is 0 Å². The topological polar surface area (TPSA) is 74.8 Å². The van der Waals surface area contributed by atoms with E-state index < -0.39 is 0 Å². The average Bonchev–Trinajstić information content (AvgIpc) is 2.61. The van der Waals surface area contributed by atoms with Gasteiger partial charge in [0.05, 0.1) is 11.6 Å². The van der Waals surface area contributed by atoms with Crippen LogP contribution in [0.15, 0.2) is 53.7 Å². The summed E-state index contributed by atoms with van der Waals surface area (Å²) in [7, 11) is 0. The van der Waals surface area contributed by atoms with Gasteiger partial charge in [-0.2, -0.15) is 0 Å². The normalized spacial score (nSPS) is 12.1. The molecular weight excluding hydrogens is 302 g/mol. The predicted molar refractivity (Wildman–Crippen MR) is 94.0 cm³/mol. The van der Waals surface area contributed by atoms with Gasteiger partial charge in [-0.25, -0.2) is 0 Å². The van der Waals surface area contributed by atoms with E-state index in [1.165, 1.54) is 6.20 Å². The third-order valence-corrected chi connectivity index (χ3v) is 4.19. The summed E-state index contributed by atoms with van der Waals surface area (Å²) < 4.78 is 0. The molecule has 3 aromatic rings. The lowest BCUT2D eigenvalue weighted by Gasteiger charge is -2.17. The summed E-state index contributed by atoms with van der Waals surface area (Å²) >= 11 is 0. The lowest BCUT2D eigenvalue weighted by molar-refractivity contribution is 0.0934. The molecule has 0 saturated carbocycles. The maximum Gasteiger partial charge on any atom is 0.257 e. The first-order valence-electron chi connectivity index (χ1n) is 7.93. The number of benzene rings is 1. The van der Waals surface area contributed by atoms with Gasteiger partial charge in [-0.1, -0.05) is 19.1 Å². The van der Waals surface area contributed by atoms with Crippen LogP contribution in [0.5, 0.6) is 0 Å². The number of H-pyrrole nitrogens is 1. The van der Waals surface area contributed by atoms with Crippen LogP contribution < -0.4 is 10.7 Å². The highest BCUT2D eigenvalue weighted by Crippen LogP contribution is 2.17. The molecule has 2 N–H and O–H groups in total. The van der Waals surface area contributed by atoms with Gasteiger partial charge in [0.1, 0.15) is 5.56 Å². The van der Waals surface area contributed by atoms with E-state index in [0.717, 1.165) is 23.1 Å². The first kappa shape index (κ1) is 15.9. The van der Waals surface area contributed by atoms with Crippen molar-refractivity contribution in [1.82, 2.24) is 15.3 Å². The van der Waals surface area contributed by atoms with Crippen molar-refractivity contribution in [1.29, 1.82) is 0 Å². The summed E-state index contributed by atoms with van der Waals surface area (Å²) in [6.45, 7) is 3.91. The molecule has 1 aromatic carbocycles. The molecule has 3 rings (SSSR count). The Labute approximate surface area is 139 Å². The number of fused-ring (bicyclic) bond motifs is 1. The summed E-state index contributed by atoms with van der Waals surface area (Å²) in [6.07, 6.45) is 5.60. The number of carbonyl (C=O) groups is 1. The summed E-state index contributed by atoms with van der Waals surface area (Å²) in [4.78, 5) is 32.3. The van der Waals surface area contributed by atoms with Crippen molar-refractivity contribution in [2.45, 2.75) is 26.3 Å². The number of aromatic amines is 1. The summed E-state index contributed by atoms with van der Waals surface area (Å²) in [6, 6.07) is 9.05. The van der Waals surface area contributed by atoms with Crippen molar-refractivity contribution in [2.75, 3.05) is 0 Å². The number of hydrogen-bond acceptors (Lipinski definition) is 3. The van der Waals surface area contributed by atoms with E-state index >= 15 is 0 Å². The molecule has 122 valence electrons. The molecule has 0 spiro atoms. The lowest BCUT2D eigenvalue weighted by atomic mass is 10.0. The van der Waals surface area contributed by atoms with Gasteiger partial charge in [0.25, 0.3) is 5.91 Å². The van der Waals surface area contributed by atoms with Crippen molar-refractivity contribution in [3.63, 3.8) is 0 Å². The van der Waals surface area contributed by atoms with Gasteiger partial charge in [-0.15, -0.1) is 0 Å². The maximum absolute atomic E-state index is 12.6. The van der Waals surface area contributed by atoms with Gasteiger partial charge >= 0.3 is 0 Å². The molecule has 24 heavy (non-hydrogen) atoms. The molecule has 0 aliphatic heterocycles. The highest BCUT2D eigenvalue weighted by Gasteiger charge is 2.18. The highest BCUT2D eigenvalue weighted by atomic mass is 16.2. The van der Waals surface area contributed by atoms with E-state index in [1.54, 1.807) is 18.5 Å². The first-order chi connectivity index (χ1) is 11.6. The molecule has 0 bridgehead atoms. The van der Waals surface area contributed by atoms with Crippen LogP contribution in [0.2, 0.25) is 0 Å². The predicted octanol–water partition coefficient (Wildman–Crippen LogP) is 3.11. The largest absolute Gasteiger partial charge is 0.360 e. The van der Waals surface area contributed by atoms with E-state index in [4.69, 9.17) is 0 Å². The average molecular weight is 321 g/mol. The van der Waals surface area contributed by atoms with Crippen molar-refractivity contribution in [2.24, 2.45) is 0 Å². The van der Waals surface area contributed by atoms with Crippen LogP contribution in [0.1, 0.15) is 40.9 Å². The summed E-state index contributed by atoms with van der Waals surface area (Å²) in [5.74, 6) is -0.372. The number of nitrogens with one attached hydrogen (secondary N) is 2. The molecule has 2 heterocycles. The Morgan fingerprint density at radius 1 is 1.25 bits per heavy atom. The minimum absolute atomic E-state index is 0.126. The highest BCUT2D eigenvalue weighted by molar-refractivity contribution is 5.97. The number of aromatic nitrogens is 2. The van der Waals surface area contributed by atoms with Crippen LogP contribution in [0.3, 0.4) is 0 Å². The Balaban J connectivity index is 1.94. The van der Waals surface area contributed by atoms with Gasteiger partial charge in [0, 0.05) is 24.0 Å². The minimum atomic E-state index is -0.372. The fraction of sp³-hybridized carbons (Fsp3) is 0.211. The Morgan fingerprint density at radius 3 is 2.71 bits per heavy atom. The van der Waals surface area contributed by atoms with Gasteiger partial charge < -0.3 is 10.3 Å². The molecule has 5 nitrogen and oxygen atoms in total. The van der Waals surface area contributed by atoms with E-state index in [-0.39, 0.29) is 22.9 Å². The quantitative estimate of drug-likeness (QED) is 0.775. The van der Waals surface area contributed by atoms with Crippen LogP contribution in [-0.2, 0) is 0 Å². The second-order valence-electron chi connectivity index (χ2n) is 5.74. The number of para-hydroxylation sites is 1. The van der Waals surface area contributed by atoms with E-state index in [0.29, 0.717) is 5.39 Å². The molecule has 5 heteroatoms. The van der Waals surface area contributed by atoms with Gasteiger partial charge in [-0.05, 0) is 42.7 Å². The Kier molecular flexibility index (Phi) is 4.42. The first-order valence-corrected chi connectivity index (χ1v) is 7.93. The molecule has 1 amide bonds. The van der Waals surface area contributed by atoms with E-state index in [1.807, 2.05) is 38.1 Å². The summed E-state index contributed by atoms with van der Waals surface area (Å²) in [5, 5.41) is 3.46. The van der Waals surface area contributed by atoms with Crippen molar-refractivity contribution < 1.29 is 4.79 Å². The molecule has 0 fully saturated rings. The van der Waals surface area contributed by atoms with Crippen LogP contribution in [0.25, 0.3) is 10.9 Å². The number of hydrogen-bond donors (Lipinski definition) is 2. The summed E-state index contributed by atoms with van der Waals surface area (Å²) in [5.41, 5.74) is 2.57. The fourth-order valence-electron chi connectivity index (χ4n) is 2.83. The zero-order valence-corrected chi connectivity index (χ0v) is 13.7. The zero-order chi connectivity index (χ0) is 17.1. The number of amides is 1. The molecule has 0 radical (unpaired) electrons. The number of pyridine rings is 2. The standard InChI is InChI=1S/C19H19N3O2/c1-3-16(13-7-9-20-10-8-13)22-19(24)15-11-21-17-12(2)5-4-6-14(17)18(15)23/h4-11,16H,3H2,1-2H3,(H,21,23)(H,22,24)/t16-/m0/s1. The molecular formula is C19H19N3O2. The van der Waals surface area contributed by atoms with Gasteiger partial charge in [-0.3, -0.25) is 14.6 Å². The van der Waals surface area contributed by atoms with Crippen molar-refractivity contribution >= 4 is 16.8 Å². The fourth-order valence-corrected chi connectivity index (χ4v) is 2.83. The molecule has 0 unspecified atom stereocenters. The molecule has 0 saturated heterocycles. The molecule has 0 aliphatic rings. The van der Waals surface area contributed by atoms with Crippen LogP contribution in [-0.4, -0.2) is 15.9 Å². The van der Waals surface area contributed by atoms with E-state index in [9.17, 15) is 9.59 Å². The number of rotatable bonds is 4. The lowest BCUT2D eigenvalue weighted by Crippen LogP contribution is -2.32. The zero-order valence-electron chi connectivity index (χ0n) is 13.7. The molecule has 2 aromatic heterocycles. The third kappa shape index (κ3) is 2.93. The van der Waals surface area contributed by atoms with Crippen LogP contribution >= 0.6 is 0 Å². The van der Waals surface area contributed by atoms with Crippen LogP contribution in [0, 0.1) is 6.92 Å². The van der Waals surface area contributed by atoms with Crippen molar-refractivity contribution in [3.05, 3.63) is 75.8 Å². The number of nitrogens with zero attached hydrogens (tertiary/aromatic N) is 1. The Hall–Kier alpha value is -2.95. The second kappa shape index (κ2) is 6.66. The molecule has 1 atom stereocenters. The smallest absolute Gasteiger partial charge is 0.257 e. The SMILES string of the molecule is CC[C@H](NC(=O)c1c[nH]c2c(C)cccc2c1=O)c1ccncc1. The molecule has 0 aliphatic carbocycles. The number of carbonyl (C=O) groups excluding carboxylic acids is 1. The third-order valence-electron chi connectivity index (χ3n) is 4.19.